The molecule has 0 radical (unpaired) electrons. The van der Waals surface area contributed by atoms with Crippen LogP contribution in [-0.2, 0) is 0 Å². The van der Waals surface area contributed by atoms with Crippen LogP contribution in [0.4, 0.5) is 5.69 Å². The summed E-state index contributed by atoms with van der Waals surface area (Å²) in [5, 5.41) is 23.7. The highest BCUT2D eigenvalue weighted by Gasteiger charge is 2.34. The molecule has 2 heterocycles. The monoisotopic (exact) mass is 219 g/mol. The number of hydrogen-bond acceptors (Lipinski definition) is 6. The number of nitro groups is 1. The zero-order chi connectivity index (χ0) is 11.1. The number of ether oxygens (including phenoxy) is 1. The van der Waals surface area contributed by atoms with E-state index in [0.29, 0.717) is 17.1 Å². The smallest absolute Gasteiger partial charge is 0.270 e. The van der Waals surface area contributed by atoms with Gasteiger partial charge in [0.15, 0.2) is 11.9 Å². The van der Waals surface area contributed by atoms with Crippen LogP contribution in [0.15, 0.2) is 18.2 Å². The molecule has 1 aromatic heterocycles. The number of rotatable bonds is 2. The van der Waals surface area contributed by atoms with Gasteiger partial charge in [-0.3, -0.25) is 10.1 Å². The van der Waals surface area contributed by atoms with Crippen molar-refractivity contribution < 1.29 is 9.66 Å². The molecule has 1 aliphatic heterocycles. The summed E-state index contributed by atoms with van der Waals surface area (Å²) in [6.45, 7) is 0. The third kappa shape index (κ3) is 1.13. The summed E-state index contributed by atoms with van der Waals surface area (Å²) in [5.74, 6) is 1.06. The van der Waals surface area contributed by atoms with Crippen LogP contribution in [-0.4, -0.2) is 25.5 Å². The molecule has 0 bridgehead atoms. The fraction of sp³-hybridized carbons (Fsp3) is 0.125. The van der Waals surface area contributed by atoms with Crippen molar-refractivity contribution in [1.29, 1.82) is 0 Å². The molecule has 1 aliphatic rings. The molecule has 0 saturated carbocycles. The number of benzene rings is 1. The van der Waals surface area contributed by atoms with Gasteiger partial charge in [-0.1, -0.05) is 0 Å². The molecule has 0 amide bonds. The fourth-order valence-corrected chi connectivity index (χ4v) is 1.57. The minimum atomic E-state index is -0.450. The Kier molecular flexibility index (Phi) is 1.64. The summed E-state index contributed by atoms with van der Waals surface area (Å²) < 4.78 is 5.37. The van der Waals surface area contributed by atoms with Crippen LogP contribution in [0.5, 0.6) is 5.75 Å². The number of aromatic nitrogens is 4. The van der Waals surface area contributed by atoms with E-state index in [1.54, 1.807) is 6.07 Å². The quantitative estimate of drug-likeness (QED) is 0.585. The summed E-state index contributed by atoms with van der Waals surface area (Å²) in [6, 6.07) is 4.42. The lowest BCUT2D eigenvalue weighted by atomic mass is 10.0. The summed E-state index contributed by atoms with van der Waals surface area (Å²) in [7, 11) is 0. The van der Waals surface area contributed by atoms with Gasteiger partial charge in [0, 0.05) is 17.7 Å². The first kappa shape index (κ1) is 8.77. The molecule has 0 spiro atoms. The molecule has 0 saturated heterocycles. The van der Waals surface area contributed by atoms with Crippen molar-refractivity contribution in [3.63, 3.8) is 0 Å². The van der Waals surface area contributed by atoms with Gasteiger partial charge in [0.05, 0.1) is 4.92 Å². The predicted octanol–water partition coefficient (Wildman–Crippen LogP) is 0.590. The van der Waals surface area contributed by atoms with Crippen molar-refractivity contribution in [3.05, 3.63) is 39.7 Å². The second-order valence-electron chi connectivity index (χ2n) is 3.26. The predicted molar refractivity (Wildman–Crippen MR) is 49.7 cm³/mol. The normalized spacial score (nSPS) is 17.1. The maximum Gasteiger partial charge on any atom is 0.270 e. The average Bonchev–Trinajstić information content (AvgIpc) is 2.72. The standard InChI is InChI=1S/C8H5N5O3/c14-13(15)4-1-2-6-5(3-4)7(16-6)8-9-11-12-10-8/h1-3,7H,(H,9,10,11,12). The van der Waals surface area contributed by atoms with Gasteiger partial charge < -0.3 is 4.74 Å². The number of hydrogen-bond donors (Lipinski definition) is 1. The Bertz CT molecular complexity index is 553. The van der Waals surface area contributed by atoms with E-state index < -0.39 is 11.0 Å². The van der Waals surface area contributed by atoms with Gasteiger partial charge >= 0.3 is 0 Å². The zero-order valence-electron chi connectivity index (χ0n) is 7.82. The van der Waals surface area contributed by atoms with E-state index in [0.717, 1.165) is 0 Å². The van der Waals surface area contributed by atoms with E-state index in [9.17, 15) is 10.1 Å². The Morgan fingerprint density at radius 2 is 2.38 bits per heavy atom. The Hall–Kier alpha value is -2.51. The second-order valence-corrected chi connectivity index (χ2v) is 3.26. The van der Waals surface area contributed by atoms with Gasteiger partial charge in [-0.05, 0) is 16.5 Å². The summed E-state index contributed by atoms with van der Waals surface area (Å²) >= 11 is 0. The van der Waals surface area contributed by atoms with Crippen molar-refractivity contribution in [2.24, 2.45) is 0 Å². The molecule has 2 aromatic rings. The highest BCUT2D eigenvalue weighted by atomic mass is 16.6. The summed E-state index contributed by atoms with van der Waals surface area (Å²) in [4.78, 5) is 10.1. The molecule has 1 unspecified atom stereocenters. The van der Waals surface area contributed by atoms with Gasteiger partial charge in [-0.15, -0.1) is 5.10 Å². The average molecular weight is 219 g/mol. The number of nitrogens with one attached hydrogen (secondary N) is 1. The summed E-state index contributed by atoms with van der Waals surface area (Å²) in [6.07, 6.45) is -0.440. The lowest BCUT2D eigenvalue weighted by Crippen LogP contribution is -2.21. The lowest BCUT2D eigenvalue weighted by molar-refractivity contribution is -0.385. The van der Waals surface area contributed by atoms with Gasteiger partial charge in [0.1, 0.15) is 5.75 Å². The molecule has 0 fully saturated rings. The molecule has 80 valence electrons. The largest absolute Gasteiger partial charge is 0.477 e. The molecule has 8 nitrogen and oxygen atoms in total. The molecule has 3 rings (SSSR count). The van der Waals surface area contributed by atoms with Crippen LogP contribution >= 0.6 is 0 Å². The SMILES string of the molecule is O=[N+]([O-])c1ccc2c(c1)C(c1nnn[nH]1)O2. The molecule has 8 heteroatoms. The van der Waals surface area contributed by atoms with E-state index in [1.165, 1.54) is 12.1 Å². The third-order valence-corrected chi connectivity index (χ3v) is 2.34. The topological polar surface area (TPSA) is 107 Å². The number of non-ortho nitro benzene ring substituents is 1. The highest BCUT2D eigenvalue weighted by Crippen LogP contribution is 2.43. The number of nitrogens with zero attached hydrogens (tertiary/aromatic N) is 4. The van der Waals surface area contributed by atoms with Crippen LogP contribution in [0.25, 0.3) is 0 Å². The molecule has 16 heavy (non-hydrogen) atoms. The van der Waals surface area contributed by atoms with E-state index >= 15 is 0 Å². The zero-order valence-corrected chi connectivity index (χ0v) is 7.82. The number of tetrazole rings is 1. The number of fused-ring (bicyclic) bond motifs is 1. The summed E-state index contributed by atoms with van der Waals surface area (Å²) in [5.41, 5.74) is 0.743. The van der Waals surface area contributed by atoms with Gasteiger partial charge in [0.25, 0.3) is 5.69 Å². The fourth-order valence-electron chi connectivity index (χ4n) is 1.57. The van der Waals surface area contributed by atoms with Gasteiger partial charge in [-0.2, -0.15) is 0 Å². The molecular weight excluding hydrogens is 214 g/mol. The Balaban J connectivity index is 2.00. The molecule has 1 atom stereocenters. The van der Waals surface area contributed by atoms with Crippen molar-refractivity contribution in [3.8, 4) is 5.75 Å². The van der Waals surface area contributed by atoms with Crippen LogP contribution in [0.1, 0.15) is 17.5 Å². The van der Waals surface area contributed by atoms with Crippen molar-refractivity contribution in [2.75, 3.05) is 0 Å². The van der Waals surface area contributed by atoms with Crippen molar-refractivity contribution in [2.45, 2.75) is 6.10 Å². The van der Waals surface area contributed by atoms with E-state index in [-0.39, 0.29) is 5.69 Å². The number of H-pyrrole nitrogens is 1. The first-order chi connectivity index (χ1) is 7.75. The van der Waals surface area contributed by atoms with Crippen LogP contribution in [0.2, 0.25) is 0 Å². The maximum absolute atomic E-state index is 10.6. The van der Waals surface area contributed by atoms with Gasteiger partial charge in [-0.25, -0.2) is 5.10 Å². The highest BCUT2D eigenvalue weighted by molar-refractivity contribution is 5.51. The lowest BCUT2D eigenvalue weighted by Gasteiger charge is -2.28. The van der Waals surface area contributed by atoms with Crippen molar-refractivity contribution >= 4 is 5.69 Å². The minimum absolute atomic E-state index is 0.0273. The molecule has 1 N–H and O–H groups in total. The van der Waals surface area contributed by atoms with Crippen LogP contribution in [0, 0.1) is 10.1 Å². The first-order valence-corrected chi connectivity index (χ1v) is 4.44. The van der Waals surface area contributed by atoms with Crippen LogP contribution in [0.3, 0.4) is 0 Å². The Morgan fingerprint density at radius 3 is 3.06 bits per heavy atom. The molecule has 1 aromatic carbocycles. The number of aromatic amines is 1. The first-order valence-electron chi connectivity index (χ1n) is 4.44. The van der Waals surface area contributed by atoms with Crippen LogP contribution < -0.4 is 4.74 Å². The third-order valence-electron chi connectivity index (χ3n) is 2.34. The minimum Gasteiger partial charge on any atom is -0.477 e. The van der Waals surface area contributed by atoms with Crippen molar-refractivity contribution in [1.82, 2.24) is 20.6 Å². The van der Waals surface area contributed by atoms with E-state index in [2.05, 4.69) is 20.6 Å². The Labute approximate surface area is 88.4 Å². The van der Waals surface area contributed by atoms with E-state index in [1.807, 2.05) is 0 Å². The van der Waals surface area contributed by atoms with E-state index in [4.69, 9.17) is 4.74 Å². The maximum atomic E-state index is 10.6. The molecular formula is C8H5N5O3. The van der Waals surface area contributed by atoms with Gasteiger partial charge in [0.2, 0.25) is 0 Å². The number of nitro benzene ring substituents is 1. The Morgan fingerprint density at radius 1 is 1.50 bits per heavy atom. The second kappa shape index (κ2) is 2.99. The molecule has 0 aliphatic carbocycles.